The number of nitrogens with one attached hydrogen (secondary N) is 1. The molecule has 2 rings (SSSR count). The summed E-state index contributed by atoms with van der Waals surface area (Å²) in [4.78, 5) is 4.31. The highest BCUT2D eigenvalue weighted by Crippen LogP contribution is 2.38. The molecule has 0 aliphatic heterocycles. The lowest BCUT2D eigenvalue weighted by molar-refractivity contribution is 0.378. The maximum absolute atomic E-state index is 5.66. The van der Waals surface area contributed by atoms with Gasteiger partial charge in [-0.25, -0.2) is 4.98 Å². The van der Waals surface area contributed by atoms with Crippen molar-refractivity contribution in [2.75, 3.05) is 11.1 Å². The Morgan fingerprint density at radius 1 is 1.56 bits per heavy atom. The first-order valence-corrected chi connectivity index (χ1v) is 6.43. The monoisotopic (exact) mass is 283 g/mol. The van der Waals surface area contributed by atoms with Gasteiger partial charge in [-0.3, -0.25) is 0 Å². The second kappa shape index (κ2) is 4.24. The van der Waals surface area contributed by atoms with Gasteiger partial charge in [-0.05, 0) is 46.7 Å². The topological polar surface area (TPSA) is 50.9 Å². The Morgan fingerprint density at radius 2 is 2.31 bits per heavy atom. The number of anilines is 2. The molecule has 0 aromatic carbocycles. The molecule has 1 fully saturated rings. The fourth-order valence-corrected chi connectivity index (χ4v) is 2.79. The zero-order valence-electron chi connectivity index (χ0n) is 9.76. The van der Waals surface area contributed by atoms with Crippen molar-refractivity contribution in [3.63, 3.8) is 0 Å². The van der Waals surface area contributed by atoms with Gasteiger partial charge in [-0.1, -0.05) is 13.8 Å². The van der Waals surface area contributed by atoms with Crippen molar-refractivity contribution in [1.29, 1.82) is 0 Å². The molecular formula is C12H18BrN3. The number of rotatable bonds is 2. The first-order valence-electron chi connectivity index (χ1n) is 5.64. The third-order valence-electron chi connectivity index (χ3n) is 3.17. The number of hydrogen-bond donors (Lipinski definition) is 2. The van der Waals surface area contributed by atoms with E-state index < -0.39 is 0 Å². The highest BCUT2D eigenvalue weighted by molar-refractivity contribution is 9.10. The van der Waals surface area contributed by atoms with E-state index in [0.717, 1.165) is 10.3 Å². The summed E-state index contributed by atoms with van der Waals surface area (Å²) in [6.45, 7) is 4.64. The van der Waals surface area contributed by atoms with Crippen LogP contribution in [0.3, 0.4) is 0 Å². The predicted octanol–water partition coefficient (Wildman–Crippen LogP) is 3.42. The van der Waals surface area contributed by atoms with Gasteiger partial charge in [0, 0.05) is 6.04 Å². The number of hydrogen-bond acceptors (Lipinski definition) is 3. The van der Waals surface area contributed by atoms with Gasteiger partial charge in [0.05, 0.1) is 16.4 Å². The molecule has 1 heterocycles. The van der Waals surface area contributed by atoms with Crippen LogP contribution in [0.1, 0.15) is 33.1 Å². The SMILES string of the molecule is CC1(C)CCC(Nc2ncc(N)cc2Br)C1. The molecule has 0 saturated heterocycles. The Balaban J connectivity index is 2.05. The number of nitrogens with zero attached hydrogens (tertiary/aromatic N) is 1. The molecule has 3 N–H and O–H groups in total. The molecule has 0 radical (unpaired) electrons. The number of halogens is 1. The van der Waals surface area contributed by atoms with E-state index in [1.165, 1.54) is 19.3 Å². The molecule has 1 atom stereocenters. The molecule has 0 amide bonds. The van der Waals surface area contributed by atoms with Gasteiger partial charge < -0.3 is 11.1 Å². The molecule has 88 valence electrons. The lowest BCUT2D eigenvalue weighted by atomic mass is 9.92. The van der Waals surface area contributed by atoms with Crippen molar-refractivity contribution >= 4 is 27.4 Å². The number of pyridine rings is 1. The van der Waals surface area contributed by atoms with Crippen LogP contribution in [0.4, 0.5) is 11.5 Å². The molecular weight excluding hydrogens is 266 g/mol. The fraction of sp³-hybridized carbons (Fsp3) is 0.583. The van der Waals surface area contributed by atoms with Crippen molar-refractivity contribution in [3.8, 4) is 0 Å². The third-order valence-corrected chi connectivity index (χ3v) is 3.78. The van der Waals surface area contributed by atoms with Crippen LogP contribution in [-0.4, -0.2) is 11.0 Å². The highest BCUT2D eigenvalue weighted by atomic mass is 79.9. The maximum Gasteiger partial charge on any atom is 0.140 e. The predicted molar refractivity (Wildman–Crippen MR) is 71.4 cm³/mol. The van der Waals surface area contributed by atoms with Gasteiger partial charge in [0.1, 0.15) is 5.82 Å². The summed E-state index contributed by atoms with van der Waals surface area (Å²) in [6.07, 6.45) is 5.38. The fourth-order valence-electron chi connectivity index (χ4n) is 2.31. The average molecular weight is 284 g/mol. The van der Waals surface area contributed by atoms with Gasteiger partial charge in [0.15, 0.2) is 0 Å². The van der Waals surface area contributed by atoms with Crippen LogP contribution in [0.25, 0.3) is 0 Å². The number of nitrogen functional groups attached to an aromatic ring is 1. The summed E-state index contributed by atoms with van der Waals surface area (Å²) in [5, 5.41) is 3.48. The molecule has 4 heteroatoms. The Bertz CT molecular complexity index is 390. The van der Waals surface area contributed by atoms with Crippen molar-refractivity contribution in [2.45, 2.75) is 39.2 Å². The molecule has 1 aromatic rings. The minimum absolute atomic E-state index is 0.456. The Morgan fingerprint density at radius 3 is 2.88 bits per heavy atom. The first-order chi connectivity index (χ1) is 7.46. The standard InChI is InChI=1S/C12H18BrN3/c1-12(2)4-3-9(6-12)16-11-10(13)5-8(14)7-15-11/h5,7,9H,3-4,6,14H2,1-2H3,(H,15,16). The van der Waals surface area contributed by atoms with Crippen LogP contribution in [0.2, 0.25) is 0 Å². The van der Waals surface area contributed by atoms with E-state index in [2.05, 4.69) is 40.1 Å². The van der Waals surface area contributed by atoms with Crippen molar-refractivity contribution in [3.05, 3.63) is 16.7 Å². The van der Waals surface area contributed by atoms with Gasteiger partial charge in [-0.2, -0.15) is 0 Å². The normalized spacial score (nSPS) is 23.3. The summed E-state index contributed by atoms with van der Waals surface area (Å²) in [7, 11) is 0. The maximum atomic E-state index is 5.66. The molecule has 16 heavy (non-hydrogen) atoms. The van der Waals surface area contributed by atoms with Crippen LogP contribution in [0.5, 0.6) is 0 Å². The third kappa shape index (κ3) is 2.67. The summed E-state index contributed by atoms with van der Waals surface area (Å²) in [6, 6.07) is 2.41. The van der Waals surface area contributed by atoms with Gasteiger partial charge >= 0.3 is 0 Å². The van der Waals surface area contributed by atoms with E-state index in [9.17, 15) is 0 Å². The first kappa shape index (κ1) is 11.7. The van der Waals surface area contributed by atoms with Crippen LogP contribution < -0.4 is 11.1 Å². The van der Waals surface area contributed by atoms with E-state index in [-0.39, 0.29) is 0 Å². The lowest BCUT2D eigenvalue weighted by Crippen LogP contribution is -2.18. The van der Waals surface area contributed by atoms with E-state index >= 15 is 0 Å². The Labute approximate surface area is 105 Å². The summed E-state index contributed by atoms with van der Waals surface area (Å²) < 4.78 is 0.942. The van der Waals surface area contributed by atoms with E-state index in [1.807, 2.05) is 6.07 Å². The van der Waals surface area contributed by atoms with E-state index in [1.54, 1.807) is 6.20 Å². The molecule has 1 aliphatic carbocycles. The van der Waals surface area contributed by atoms with Gasteiger partial charge in [0.2, 0.25) is 0 Å². The quantitative estimate of drug-likeness (QED) is 0.875. The highest BCUT2D eigenvalue weighted by Gasteiger charge is 2.31. The molecule has 3 nitrogen and oxygen atoms in total. The number of nitrogens with two attached hydrogens (primary N) is 1. The number of aromatic nitrogens is 1. The van der Waals surface area contributed by atoms with Crippen molar-refractivity contribution < 1.29 is 0 Å². The minimum Gasteiger partial charge on any atom is -0.397 e. The van der Waals surface area contributed by atoms with E-state index in [4.69, 9.17) is 5.73 Å². The molecule has 1 aliphatic rings. The second-order valence-electron chi connectivity index (χ2n) is 5.35. The molecule has 1 unspecified atom stereocenters. The summed E-state index contributed by atoms with van der Waals surface area (Å²) in [5.74, 6) is 0.900. The molecule has 1 saturated carbocycles. The molecule has 0 bridgehead atoms. The smallest absolute Gasteiger partial charge is 0.140 e. The van der Waals surface area contributed by atoms with Crippen LogP contribution in [0, 0.1) is 5.41 Å². The second-order valence-corrected chi connectivity index (χ2v) is 6.20. The molecule has 1 aromatic heterocycles. The minimum atomic E-state index is 0.456. The zero-order chi connectivity index (χ0) is 11.8. The summed E-state index contributed by atoms with van der Waals surface area (Å²) in [5.41, 5.74) is 6.80. The Hall–Kier alpha value is -0.770. The van der Waals surface area contributed by atoms with E-state index in [0.29, 0.717) is 17.1 Å². The summed E-state index contributed by atoms with van der Waals surface area (Å²) >= 11 is 3.48. The van der Waals surface area contributed by atoms with Gasteiger partial charge in [-0.15, -0.1) is 0 Å². The largest absolute Gasteiger partial charge is 0.397 e. The van der Waals surface area contributed by atoms with Crippen molar-refractivity contribution in [2.24, 2.45) is 5.41 Å². The molecule has 0 spiro atoms. The lowest BCUT2D eigenvalue weighted by Gasteiger charge is -2.18. The van der Waals surface area contributed by atoms with Crippen LogP contribution in [0.15, 0.2) is 16.7 Å². The average Bonchev–Trinajstić information content (AvgIpc) is 2.51. The van der Waals surface area contributed by atoms with Gasteiger partial charge in [0.25, 0.3) is 0 Å². The zero-order valence-corrected chi connectivity index (χ0v) is 11.3. The van der Waals surface area contributed by atoms with Crippen LogP contribution in [-0.2, 0) is 0 Å². The van der Waals surface area contributed by atoms with Crippen LogP contribution >= 0.6 is 15.9 Å². The van der Waals surface area contributed by atoms with Crippen molar-refractivity contribution in [1.82, 2.24) is 4.98 Å². The Kier molecular flexibility index (Phi) is 3.10.